The molecule has 0 radical (unpaired) electrons. The number of rotatable bonds is 5. The Bertz CT molecular complexity index is 1350. The average molecular weight is 467 g/mol. The van der Waals surface area contributed by atoms with Crippen molar-refractivity contribution in [3.63, 3.8) is 0 Å². The van der Waals surface area contributed by atoms with E-state index in [1.165, 1.54) is 11.0 Å². The Morgan fingerprint density at radius 2 is 2.03 bits per heavy atom. The van der Waals surface area contributed by atoms with E-state index < -0.39 is 30.1 Å². The van der Waals surface area contributed by atoms with Gasteiger partial charge in [-0.3, -0.25) is 24.5 Å². The minimum Gasteiger partial charge on any atom is -0.348 e. The zero-order valence-electron chi connectivity index (χ0n) is 17.7. The number of benzene rings is 2. The highest BCUT2D eigenvalue weighted by molar-refractivity contribution is 6.06. The number of nitrogens with zero attached hydrogens (tertiary/aromatic N) is 2. The second kappa shape index (κ2) is 8.32. The van der Waals surface area contributed by atoms with Gasteiger partial charge in [0, 0.05) is 25.1 Å². The lowest BCUT2D eigenvalue weighted by Gasteiger charge is -2.29. The molecule has 3 heterocycles. The van der Waals surface area contributed by atoms with Crippen molar-refractivity contribution in [2.24, 2.45) is 0 Å². The van der Waals surface area contributed by atoms with Crippen molar-refractivity contribution >= 4 is 34.7 Å². The van der Waals surface area contributed by atoms with Crippen molar-refractivity contribution in [3.05, 3.63) is 64.5 Å². The van der Waals surface area contributed by atoms with Gasteiger partial charge < -0.3 is 15.2 Å². The number of nitrogens with one attached hydrogen (secondary N) is 3. The standard InChI is InChI=1S/C23H19F2N5O4/c24-19(25)20-27-15-3-1-2-13(18(15)29-20)21(32)26-9-11-4-5-12-10-30(23(34)14(12)8-11)16-6-7-17(31)28-22(16)33/h1-5,8,16,19H,6-7,9-10H2,(H,26,32)(H,27,29)(H,28,31,33). The molecule has 4 amide bonds. The van der Waals surface area contributed by atoms with Gasteiger partial charge >= 0.3 is 0 Å². The van der Waals surface area contributed by atoms with Crippen LogP contribution >= 0.6 is 0 Å². The van der Waals surface area contributed by atoms with Crippen LogP contribution in [0.2, 0.25) is 0 Å². The number of aromatic nitrogens is 2. The summed E-state index contributed by atoms with van der Waals surface area (Å²) in [5.41, 5.74) is 2.49. The number of carbonyl (C=O) groups is 4. The summed E-state index contributed by atoms with van der Waals surface area (Å²) >= 11 is 0. The van der Waals surface area contributed by atoms with Crippen LogP contribution in [0.4, 0.5) is 8.78 Å². The Morgan fingerprint density at radius 1 is 1.21 bits per heavy atom. The minimum absolute atomic E-state index is 0.0975. The Morgan fingerprint density at radius 3 is 2.79 bits per heavy atom. The minimum atomic E-state index is -2.79. The number of carbonyl (C=O) groups excluding carboxylic acids is 4. The fourth-order valence-corrected chi connectivity index (χ4v) is 4.33. The number of aromatic amines is 1. The quantitative estimate of drug-likeness (QED) is 0.497. The lowest BCUT2D eigenvalue weighted by Crippen LogP contribution is -2.52. The molecule has 5 rings (SSSR count). The van der Waals surface area contributed by atoms with Crippen molar-refractivity contribution in [2.45, 2.75) is 38.4 Å². The molecule has 0 bridgehead atoms. The highest BCUT2D eigenvalue weighted by Gasteiger charge is 2.39. The van der Waals surface area contributed by atoms with E-state index in [1.54, 1.807) is 30.3 Å². The molecule has 1 atom stereocenters. The Labute approximate surface area is 191 Å². The lowest BCUT2D eigenvalue weighted by atomic mass is 10.0. The number of halogens is 2. The molecule has 174 valence electrons. The van der Waals surface area contributed by atoms with Gasteiger partial charge in [-0.25, -0.2) is 13.8 Å². The van der Waals surface area contributed by atoms with E-state index in [9.17, 15) is 28.0 Å². The van der Waals surface area contributed by atoms with Crippen LogP contribution in [0, 0.1) is 0 Å². The van der Waals surface area contributed by atoms with E-state index in [0.29, 0.717) is 16.6 Å². The van der Waals surface area contributed by atoms with Gasteiger partial charge in [-0.2, -0.15) is 0 Å². The largest absolute Gasteiger partial charge is 0.348 e. The van der Waals surface area contributed by atoms with Gasteiger partial charge in [0.05, 0.1) is 11.1 Å². The predicted molar refractivity (Wildman–Crippen MR) is 115 cm³/mol. The van der Waals surface area contributed by atoms with Gasteiger partial charge in [-0.1, -0.05) is 18.2 Å². The molecule has 2 aromatic carbocycles. The first-order valence-corrected chi connectivity index (χ1v) is 10.6. The van der Waals surface area contributed by atoms with Gasteiger partial charge in [-0.15, -0.1) is 0 Å². The van der Waals surface area contributed by atoms with Gasteiger partial charge in [0.25, 0.3) is 18.2 Å². The Balaban J connectivity index is 1.30. The van der Waals surface area contributed by atoms with E-state index in [2.05, 4.69) is 20.6 Å². The number of H-pyrrole nitrogens is 1. The maximum atomic E-state index is 13.0. The summed E-state index contributed by atoms with van der Waals surface area (Å²) in [7, 11) is 0. The number of para-hydroxylation sites is 1. The first-order valence-electron chi connectivity index (χ1n) is 10.6. The number of hydrogen-bond donors (Lipinski definition) is 3. The molecular weight excluding hydrogens is 448 g/mol. The van der Waals surface area contributed by atoms with Crippen LogP contribution < -0.4 is 10.6 Å². The van der Waals surface area contributed by atoms with Crippen molar-refractivity contribution in [2.75, 3.05) is 0 Å². The third-order valence-corrected chi connectivity index (χ3v) is 6.03. The molecule has 1 aromatic heterocycles. The first kappa shape index (κ1) is 21.7. The molecule has 1 fully saturated rings. The summed E-state index contributed by atoms with van der Waals surface area (Å²) in [6.45, 7) is 0.362. The van der Waals surface area contributed by atoms with E-state index in [0.717, 1.165) is 5.56 Å². The molecule has 9 nitrogen and oxygen atoms in total. The Kier molecular flexibility index (Phi) is 5.31. The van der Waals surface area contributed by atoms with E-state index in [1.807, 2.05) is 0 Å². The highest BCUT2D eigenvalue weighted by Crippen LogP contribution is 2.28. The summed E-state index contributed by atoms with van der Waals surface area (Å²) in [6.07, 6.45) is -2.33. The maximum absolute atomic E-state index is 13.0. The van der Waals surface area contributed by atoms with Crippen molar-refractivity contribution in [1.29, 1.82) is 0 Å². The topological polar surface area (TPSA) is 124 Å². The predicted octanol–water partition coefficient (Wildman–Crippen LogP) is 2.19. The van der Waals surface area contributed by atoms with Crippen LogP contribution in [-0.2, 0) is 22.7 Å². The monoisotopic (exact) mass is 467 g/mol. The molecule has 3 aromatic rings. The van der Waals surface area contributed by atoms with E-state index in [-0.39, 0.29) is 48.8 Å². The van der Waals surface area contributed by atoms with Crippen molar-refractivity contribution in [1.82, 2.24) is 25.5 Å². The maximum Gasteiger partial charge on any atom is 0.295 e. The van der Waals surface area contributed by atoms with Crippen LogP contribution in [0.3, 0.4) is 0 Å². The third-order valence-electron chi connectivity index (χ3n) is 6.03. The first-order chi connectivity index (χ1) is 16.3. The number of hydrogen-bond acceptors (Lipinski definition) is 5. The van der Waals surface area contributed by atoms with Crippen molar-refractivity contribution < 1.29 is 28.0 Å². The molecule has 1 unspecified atom stereocenters. The number of imide groups is 1. The molecule has 34 heavy (non-hydrogen) atoms. The van der Waals surface area contributed by atoms with Gasteiger partial charge in [0.15, 0.2) is 5.82 Å². The Hall–Kier alpha value is -4.15. The van der Waals surface area contributed by atoms with Gasteiger partial charge in [-0.05, 0) is 35.7 Å². The molecule has 1 saturated heterocycles. The number of imidazole rings is 1. The molecule has 2 aliphatic heterocycles. The van der Waals surface area contributed by atoms with Gasteiger partial charge in [0.2, 0.25) is 11.8 Å². The molecular formula is C23H19F2N5O4. The second-order valence-corrected chi connectivity index (χ2v) is 8.20. The summed E-state index contributed by atoms with van der Waals surface area (Å²) in [5.74, 6) is -2.13. The van der Waals surface area contributed by atoms with Crippen LogP contribution in [0.1, 0.15) is 56.9 Å². The zero-order chi connectivity index (χ0) is 24.0. The molecule has 2 aliphatic rings. The molecule has 0 aliphatic carbocycles. The molecule has 0 spiro atoms. The third kappa shape index (κ3) is 3.78. The highest BCUT2D eigenvalue weighted by atomic mass is 19.3. The van der Waals surface area contributed by atoms with Crippen LogP contribution in [0.15, 0.2) is 36.4 Å². The van der Waals surface area contributed by atoms with E-state index in [4.69, 9.17) is 0 Å². The number of amides is 4. The molecule has 3 N–H and O–H groups in total. The number of fused-ring (bicyclic) bond motifs is 2. The normalized spacial score (nSPS) is 17.9. The van der Waals surface area contributed by atoms with E-state index >= 15 is 0 Å². The average Bonchev–Trinajstić information content (AvgIpc) is 3.39. The van der Waals surface area contributed by atoms with Crippen molar-refractivity contribution in [3.8, 4) is 0 Å². The van der Waals surface area contributed by atoms with Gasteiger partial charge in [0.1, 0.15) is 11.6 Å². The van der Waals surface area contributed by atoms with Crippen LogP contribution in [-0.4, -0.2) is 44.5 Å². The molecule has 0 saturated carbocycles. The van der Waals surface area contributed by atoms with Crippen LogP contribution in [0.5, 0.6) is 0 Å². The summed E-state index contributed by atoms with van der Waals surface area (Å²) < 4.78 is 25.9. The van der Waals surface area contributed by atoms with Crippen LogP contribution in [0.25, 0.3) is 11.0 Å². The smallest absolute Gasteiger partial charge is 0.295 e. The summed E-state index contributed by atoms with van der Waals surface area (Å²) in [5, 5.41) is 5.00. The fourth-order valence-electron chi connectivity index (χ4n) is 4.33. The summed E-state index contributed by atoms with van der Waals surface area (Å²) in [6, 6.07) is 9.13. The lowest BCUT2D eigenvalue weighted by molar-refractivity contribution is -0.136. The number of alkyl halides is 2. The number of piperidine rings is 1. The molecule has 11 heteroatoms. The summed E-state index contributed by atoms with van der Waals surface area (Å²) in [4.78, 5) is 57.0. The fraction of sp³-hybridized carbons (Fsp3) is 0.261. The SMILES string of the molecule is O=C1CCC(N2Cc3ccc(CNC(=O)c4cccc5[nH]c(C(F)F)nc45)cc3C2=O)C(=O)N1. The second-order valence-electron chi connectivity index (χ2n) is 8.20. The zero-order valence-corrected chi connectivity index (χ0v) is 17.7.